The van der Waals surface area contributed by atoms with Gasteiger partial charge in [0.25, 0.3) is 0 Å². The maximum atomic E-state index is 12.8. The van der Waals surface area contributed by atoms with Crippen molar-refractivity contribution in [1.82, 2.24) is 10.6 Å². The van der Waals surface area contributed by atoms with Crippen LogP contribution in [0.5, 0.6) is 5.75 Å². The molecular formula is C24H32N2O4. The van der Waals surface area contributed by atoms with Crippen LogP contribution in [0, 0.1) is 6.92 Å². The topological polar surface area (TPSA) is 76.7 Å². The van der Waals surface area contributed by atoms with Crippen molar-refractivity contribution in [2.75, 3.05) is 13.7 Å². The number of nitrogens with one attached hydrogen (secondary N) is 2. The summed E-state index contributed by atoms with van der Waals surface area (Å²) in [6.45, 7) is 7.80. The first-order valence-corrected chi connectivity index (χ1v) is 10.1. The maximum absolute atomic E-state index is 12.8. The molecule has 0 heterocycles. The van der Waals surface area contributed by atoms with E-state index in [2.05, 4.69) is 10.6 Å². The molecule has 0 fully saturated rings. The predicted octanol–water partition coefficient (Wildman–Crippen LogP) is 3.80. The summed E-state index contributed by atoms with van der Waals surface area (Å²) < 4.78 is 10.7. The number of rotatable bonds is 8. The molecule has 2 N–H and O–H groups in total. The molecule has 6 heteroatoms. The molecule has 0 aliphatic heterocycles. The average molecular weight is 413 g/mol. The first-order chi connectivity index (χ1) is 14.2. The maximum Gasteiger partial charge on any atom is 0.408 e. The molecule has 0 aromatic heterocycles. The summed E-state index contributed by atoms with van der Waals surface area (Å²) in [5.41, 5.74) is 2.47. The first-order valence-electron chi connectivity index (χ1n) is 10.1. The van der Waals surface area contributed by atoms with Gasteiger partial charge in [0.2, 0.25) is 5.91 Å². The number of benzene rings is 2. The Bertz CT molecular complexity index is 844. The van der Waals surface area contributed by atoms with E-state index in [0.717, 1.165) is 22.4 Å². The Hall–Kier alpha value is -3.02. The summed E-state index contributed by atoms with van der Waals surface area (Å²) in [5, 5.41) is 5.63. The van der Waals surface area contributed by atoms with E-state index in [-0.39, 0.29) is 5.91 Å². The van der Waals surface area contributed by atoms with Crippen LogP contribution in [0.3, 0.4) is 0 Å². The summed E-state index contributed by atoms with van der Waals surface area (Å²) in [6, 6.07) is 14.8. The SMILES string of the molecule is COc1ccc(C)cc1CCNC(=O)C(Cc1ccccc1)NC(=O)OC(C)(C)C. The molecule has 1 unspecified atom stereocenters. The summed E-state index contributed by atoms with van der Waals surface area (Å²) in [5.74, 6) is 0.541. The van der Waals surface area contributed by atoms with E-state index in [0.29, 0.717) is 19.4 Å². The van der Waals surface area contributed by atoms with Crippen LogP contribution in [0.2, 0.25) is 0 Å². The van der Waals surface area contributed by atoms with Crippen molar-refractivity contribution in [3.05, 3.63) is 65.2 Å². The Kier molecular flexibility index (Phi) is 8.27. The Labute approximate surface area is 179 Å². The Morgan fingerprint density at radius 3 is 2.40 bits per heavy atom. The standard InChI is InChI=1S/C24H32N2O4/c1-17-11-12-21(29-5)19(15-17)13-14-25-22(27)20(16-18-9-7-6-8-10-18)26-23(28)30-24(2,3)4/h6-12,15,20H,13-14,16H2,1-5H3,(H,25,27)(H,26,28). The summed E-state index contributed by atoms with van der Waals surface area (Å²) in [4.78, 5) is 25.1. The largest absolute Gasteiger partial charge is 0.496 e. The van der Waals surface area contributed by atoms with E-state index in [1.807, 2.05) is 55.5 Å². The van der Waals surface area contributed by atoms with Gasteiger partial charge in [-0.1, -0.05) is 48.0 Å². The van der Waals surface area contributed by atoms with Crippen molar-refractivity contribution in [3.63, 3.8) is 0 Å². The minimum Gasteiger partial charge on any atom is -0.496 e. The van der Waals surface area contributed by atoms with Gasteiger partial charge in [0.1, 0.15) is 17.4 Å². The van der Waals surface area contributed by atoms with Crippen molar-refractivity contribution in [2.24, 2.45) is 0 Å². The number of methoxy groups -OCH3 is 1. The highest BCUT2D eigenvalue weighted by Crippen LogP contribution is 2.19. The van der Waals surface area contributed by atoms with Gasteiger partial charge < -0.3 is 20.1 Å². The van der Waals surface area contributed by atoms with Crippen LogP contribution in [-0.2, 0) is 22.4 Å². The zero-order chi connectivity index (χ0) is 22.1. The fourth-order valence-electron chi connectivity index (χ4n) is 3.06. The Morgan fingerprint density at radius 2 is 1.77 bits per heavy atom. The van der Waals surface area contributed by atoms with Gasteiger partial charge in [-0.15, -0.1) is 0 Å². The molecule has 0 spiro atoms. The molecule has 0 bridgehead atoms. The van der Waals surface area contributed by atoms with Gasteiger partial charge >= 0.3 is 6.09 Å². The van der Waals surface area contributed by atoms with Gasteiger partial charge in [-0.3, -0.25) is 4.79 Å². The lowest BCUT2D eigenvalue weighted by Gasteiger charge is -2.23. The van der Waals surface area contributed by atoms with Crippen LogP contribution >= 0.6 is 0 Å². The molecular weight excluding hydrogens is 380 g/mol. The normalized spacial score (nSPS) is 12.0. The van der Waals surface area contributed by atoms with Gasteiger partial charge in [0.05, 0.1) is 7.11 Å². The number of hydrogen-bond acceptors (Lipinski definition) is 4. The quantitative estimate of drug-likeness (QED) is 0.691. The number of ether oxygens (including phenoxy) is 2. The average Bonchev–Trinajstić information content (AvgIpc) is 2.67. The summed E-state index contributed by atoms with van der Waals surface area (Å²) >= 11 is 0. The highest BCUT2D eigenvalue weighted by atomic mass is 16.6. The van der Waals surface area contributed by atoms with E-state index >= 15 is 0 Å². The van der Waals surface area contributed by atoms with Crippen LogP contribution in [0.25, 0.3) is 0 Å². The highest BCUT2D eigenvalue weighted by Gasteiger charge is 2.24. The second kappa shape index (κ2) is 10.7. The Balaban J connectivity index is 2.02. The van der Waals surface area contributed by atoms with Crippen molar-refractivity contribution in [2.45, 2.75) is 52.2 Å². The number of aryl methyl sites for hydroxylation is 1. The van der Waals surface area contributed by atoms with E-state index < -0.39 is 17.7 Å². The fraction of sp³-hybridized carbons (Fsp3) is 0.417. The van der Waals surface area contributed by atoms with Crippen molar-refractivity contribution < 1.29 is 19.1 Å². The summed E-state index contributed by atoms with van der Waals surface area (Å²) in [6.07, 6.45) is 0.389. The molecule has 0 aliphatic carbocycles. The molecule has 162 valence electrons. The molecule has 1 atom stereocenters. The van der Waals surface area contributed by atoms with Crippen LogP contribution in [0.4, 0.5) is 4.79 Å². The van der Waals surface area contributed by atoms with Gasteiger partial charge in [-0.2, -0.15) is 0 Å². The molecule has 2 aromatic carbocycles. The van der Waals surface area contributed by atoms with E-state index in [4.69, 9.17) is 9.47 Å². The second-order valence-corrected chi connectivity index (χ2v) is 8.24. The van der Waals surface area contributed by atoms with Gasteiger partial charge in [-0.25, -0.2) is 4.79 Å². The van der Waals surface area contributed by atoms with Crippen LogP contribution < -0.4 is 15.4 Å². The van der Waals surface area contributed by atoms with Crippen molar-refractivity contribution in [3.8, 4) is 5.75 Å². The lowest BCUT2D eigenvalue weighted by Crippen LogP contribution is -2.49. The van der Waals surface area contributed by atoms with Gasteiger partial charge in [0.15, 0.2) is 0 Å². The van der Waals surface area contributed by atoms with Crippen LogP contribution in [-0.4, -0.2) is 37.3 Å². The third kappa shape index (κ3) is 7.78. The number of alkyl carbamates (subject to hydrolysis) is 1. The summed E-state index contributed by atoms with van der Waals surface area (Å²) in [7, 11) is 1.63. The van der Waals surface area contributed by atoms with E-state index in [1.54, 1.807) is 27.9 Å². The minimum absolute atomic E-state index is 0.253. The smallest absolute Gasteiger partial charge is 0.408 e. The molecule has 30 heavy (non-hydrogen) atoms. The zero-order valence-electron chi connectivity index (χ0n) is 18.5. The third-order valence-corrected chi connectivity index (χ3v) is 4.42. The molecule has 2 amide bonds. The van der Waals surface area contributed by atoms with Gasteiger partial charge in [-0.05, 0) is 51.3 Å². The monoisotopic (exact) mass is 412 g/mol. The number of carbonyl (C=O) groups is 2. The third-order valence-electron chi connectivity index (χ3n) is 4.42. The highest BCUT2D eigenvalue weighted by molar-refractivity contribution is 5.86. The number of amides is 2. The molecule has 0 aliphatic rings. The van der Waals surface area contributed by atoms with Crippen LogP contribution in [0.1, 0.15) is 37.5 Å². The number of carbonyl (C=O) groups excluding carboxylic acids is 2. The lowest BCUT2D eigenvalue weighted by molar-refractivity contribution is -0.123. The van der Waals surface area contributed by atoms with Crippen molar-refractivity contribution in [1.29, 1.82) is 0 Å². The zero-order valence-corrected chi connectivity index (χ0v) is 18.5. The fourth-order valence-corrected chi connectivity index (χ4v) is 3.06. The number of hydrogen-bond donors (Lipinski definition) is 2. The Morgan fingerprint density at radius 1 is 1.07 bits per heavy atom. The molecule has 2 aromatic rings. The minimum atomic E-state index is -0.735. The molecule has 0 saturated heterocycles. The predicted molar refractivity (Wildman–Crippen MR) is 118 cm³/mol. The van der Waals surface area contributed by atoms with Crippen LogP contribution in [0.15, 0.2) is 48.5 Å². The molecule has 2 rings (SSSR count). The molecule has 0 saturated carbocycles. The van der Waals surface area contributed by atoms with Gasteiger partial charge in [0, 0.05) is 13.0 Å². The lowest BCUT2D eigenvalue weighted by atomic mass is 10.0. The van der Waals surface area contributed by atoms with Crippen molar-refractivity contribution >= 4 is 12.0 Å². The first kappa shape index (κ1) is 23.3. The van der Waals surface area contributed by atoms with E-state index in [1.165, 1.54) is 0 Å². The second-order valence-electron chi connectivity index (χ2n) is 8.24. The molecule has 6 nitrogen and oxygen atoms in total. The molecule has 0 radical (unpaired) electrons. The van der Waals surface area contributed by atoms with E-state index in [9.17, 15) is 9.59 Å².